The molecule has 2 rings (SSSR count). The van der Waals surface area contributed by atoms with E-state index < -0.39 is 39.6 Å². The third-order valence-corrected chi connectivity index (χ3v) is 3.07. The Kier molecular flexibility index (Phi) is 3.39. The van der Waals surface area contributed by atoms with E-state index in [1.54, 1.807) is 4.98 Å². The minimum atomic E-state index is -4.87. The van der Waals surface area contributed by atoms with Crippen LogP contribution in [0.1, 0.15) is 16.2 Å². The summed E-state index contributed by atoms with van der Waals surface area (Å²) in [4.78, 5) is 27.6. The van der Waals surface area contributed by atoms with Crippen molar-refractivity contribution >= 4 is 40.0 Å². The summed E-state index contributed by atoms with van der Waals surface area (Å²) in [5, 5.41) is -1.03. The quantitative estimate of drug-likeness (QED) is 0.843. The first-order valence-corrected chi connectivity index (χ1v) is 5.67. The molecule has 5 nitrogen and oxygen atoms in total. The second kappa shape index (κ2) is 4.64. The highest BCUT2D eigenvalue weighted by Crippen LogP contribution is 2.32. The first-order valence-electron chi connectivity index (χ1n) is 4.92. The van der Waals surface area contributed by atoms with E-state index in [9.17, 15) is 22.8 Å². The molecule has 20 heavy (non-hydrogen) atoms. The number of carbonyl (C=O) groups is 1. The van der Waals surface area contributed by atoms with Crippen molar-refractivity contribution in [1.29, 1.82) is 0 Å². The maximum atomic E-state index is 12.6. The molecule has 1 aromatic carbocycles. The van der Waals surface area contributed by atoms with Gasteiger partial charge < -0.3 is 10.7 Å². The molecule has 1 heterocycles. The summed E-state index contributed by atoms with van der Waals surface area (Å²) in [6.07, 6.45) is -4.87. The van der Waals surface area contributed by atoms with Crippen LogP contribution in [0, 0.1) is 0 Å². The summed E-state index contributed by atoms with van der Waals surface area (Å²) in [6.45, 7) is 0. The highest BCUT2D eigenvalue weighted by molar-refractivity contribution is 6.43. The average Bonchev–Trinajstić information content (AvgIpc) is 2.28. The van der Waals surface area contributed by atoms with Crippen LogP contribution in [0.3, 0.4) is 0 Å². The van der Waals surface area contributed by atoms with E-state index in [1.807, 2.05) is 0 Å². The first kappa shape index (κ1) is 14.6. The predicted octanol–water partition coefficient (Wildman–Crippen LogP) is 2.35. The zero-order chi connectivity index (χ0) is 15.2. The van der Waals surface area contributed by atoms with Crippen LogP contribution >= 0.6 is 23.2 Å². The van der Waals surface area contributed by atoms with Gasteiger partial charge in [0.15, 0.2) is 0 Å². The third kappa shape index (κ3) is 2.32. The fourth-order valence-electron chi connectivity index (χ4n) is 1.57. The number of rotatable bonds is 1. The van der Waals surface area contributed by atoms with Crippen LogP contribution in [0.5, 0.6) is 0 Å². The van der Waals surface area contributed by atoms with E-state index in [1.165, 1.54) is 0 Å². The first-order chi connectivity index (χ1) is 9.12. The van der Waals surface area contributed by atoms with Crippen molar-refractivity contribution in [3.05, 3.63) is 37.9 Å². The Balaban J connectivity index is 2.96. The topological polar surface area (TPSA) is 88.8 Å². The summed E-state index contributed by atoms with van der Waals surface area (Å²) < 4.78 is 37.7. The molecule has 0 spiro atoms. The SMILES string of the molecule is NC(=O)c1c(Cl)cc2c(=O)[nH]c(C(F)(F)F)nc2c1Cl. The lowest BCUT2D eigenvalue weighted by molar-refractivity contribution is -0.144. The number of carbonyl (C=O) groups excluding carboxylic acids is 1. The number of nitrogens with one attached hydrogen (secondary N) is 1. The molecule has 0 radical (unpaired) electrons. The fourth-order valence-corrected chi connectivity index (χ4v) is 2.25. The van der Waals surface area contributed by atoms with Crippen molar-refractivity contribution in [1.82, 2.24) is 9.97 Å². The van der Waals surface area contributed by atoms with Gasteiger partial charge in [0.2, 0.25) is 5.82 Å². The number of fused-ring (bicyclic) bond motifs is 1. The van der Waals surface area contributed by atoms with Gasteiger partial charge in [0.1, 0.15) is 0 Å². The number of halogens is 5. The molecule has 106 valence electrons. The number of primary amides is 1. The Morgan fingerprint density at radius 3 is 2.45 bits per heavy atom. The van der Waals surface area contributed by atoms with Crippen molar-refractivity contribution < 1.29 is 18.0 Å². The molecule has 10 heteroatoms. The van der Waals surface area contributed by atoms with Crippen molar-refractivity contribution in [3.8, 4) is 0 Å². The van der Waals surface area contributed by atoms with Crippen LogP contribution in [-0.4, -0.2) is 15.9 Å². The number of aromatic nitrogens is 2. The van der Waals surface area contributed by atoms with Gasteiger partial charge in [-0.2, -0.15) is 13.2 Å². The van der Waals surface area contributed by atoms with Gasteiger partial charge >= 0.3 is 6.18 Å². The largest absolute Gasteiger partial charge is 0.449 e. The Morgan fingerprint density at radius 2 is 1.95 bits per heavy atom. The molecule has 0 aliphatic carbocycles. The summed E-state index contributed by atoms with van der Waals surface area (Å²) in [5.41, 5.74) is 3.05. The molecule has 0 bridgehead atoms. The van der Waals surface area contributed by atoms with E-state index in [2.05, 4.69) is 4.98 Å². The monoisotopic (exact) mass is 325 g/mol. The number of hydrogen-bond acceptors (Lipinski definition) is 3. The molecule has 0 saturated carbocycles. The van der Waals surface area contributed by atoms with Crippen LogP contribution in [-0.2, 0) is 6.18 Å². The number of H-pyrrole nitrogens is 1. The molecule has 1 amide bonds. The maximum absolute atomic E-state index is 12.6. The lowest BCUT2D eigenvalue weighted by atomic mass is 10.1. The van der Waals surface area contributed by atoms with E-state index in [-0.39, 0.29) is 10.4 Å². The number of hydrogen-bond donors (Lipinski definition) is 2. The maximum Gasteiger partial charge on any atom is 0.449 e. The number of aromatic amines is 1. The second-order valence-corrected chi connectivity index (χ2v) is 4.51. The molecule has 0 aliphatic heterocycles. The number of alkyl halides is 3. The zero-order valence-electron chi connectivity index (χ0n) is 9.31. The molecular weight excluding hydrogens is 322 g/mol. The van der Waals surface area contributed by atoms with Crippen LogP contribution in [0.25, 0.3) is 10.9 Å². The van der Waals surface area contributed by atoms with Crippen molar-refractivity contribution in [2.24, 2.45) is 5.73 Å². The van der Waals surface area contributed by atoms with Crippen molar-refractivity contribution in [2.75, 3.05) is 0 Å². The van der Waals surface area contributed by atoms with Gasteiger partial charge in [0, 0.05) is 0 Å². The molecule has 1 aromatic heterocycles. The Bertz CT molecular complexity index is 786. The third-order valence-electron chi connectivity index (χ3n) is 2.41. The molecular formula is C10H4Cl2F3N3O2. The van der Waals surface area contributed by atoms with Gasteiger partial charge in [0.05, 0.1) is 26.5 Å². The van der Waals surface area contributed by atoms with E-state index in [0.29, 0.717) is 0 Å². The van der Waals surface area contributed by atoms with Crippen molar-refractivity contribution in [2.45, 2.75) is 6.18 Å². The second-order valence-electron chi connectivity index (χ2n) is 3.72. The van der Waals surface area contributed by atoms with Crippen LogP contribution < -0.4 is 11.3 Å². The summed E-state index contributed by atoms with van der Waals surface area (Å²) in [5.74, 6) is -2.58. The van der Waals surface area contributed by atoms with Crippen LogP contribution in [0.4, 0.5) is 13.2 Å². The van der Waals surface area contributed by atoms with Gasteiger partial charge in [-0.15, -0.1) is 0 Å². The molecule has 2 aromatic rings. The number of benzene rings is 1. The number of amides is 1. The van der Waals surface area contributed by atoms with Gasteiger partial charge in [-0.05, 0) is 6.07 Å². The average molecular weight is 326 g/mol. The normalized spacial score (nSPS) is 11.8. The highest BCUT2D eigenvalue weighted by atomic mass is 35.5. The number of nitrogens with two attached hydrogens (primary N) is 1. The fraction of sp³-hybridized carbons (Fsp3) is 0.100. The smallest absolute Gasteiger partial charge is 0.366 e. The lowest BCUT2D eigenvalue weighted by Gasteiger charge is -2.09. The standard InChI is InChI=1S/C10H4Cl2F3N3O2/c11-3-1-2-6(5(12)4(3)7(16)19)17-9(10(13,14)15)18-8(2)20/h1H,(H2,16,19)(H,17,18,20). The molecule has 0 aliphatic rings. The van der Waals surface area contributed by atoms with Crippen molar-refractivity contribution in [3.63, 3.8) is 0 Å². The number of nitrogens with zero attached hydrogens (tertiary/aromatic N) is 1. The lowest BCUT2D eigenvalue weighted by Crippen LogP contribution is -2.20. The molecule has 3 N–H and O–H groups in total. The summed E-state index contributed by atoms with van der Waals surface area (Å²) >= 11 is 11.5. The summed E-state index contributed by atoms with van der Waals surface area (Å²) in [6, 6.07) is 0.981. The highest BCUT2D eigenvalue weighted by Gasteiger charge is 2.35. The Labute approximate surface area is 118 Å². The predicted molar refractivity (Wildman–Crippen MR) is 65.9 cm³/mol. The van der Waals surface area contributed by atoms with Gasteiger partial charge in [-0.3, -0.25) is 9.59 Å². The minimum absolute atomic E-state index is 0.248. The summed E-state index contributed by atoms with van der Waals surface area (Å²) in [7, 11) is 0. The minimum Gasteiger partial charge on any atom is -0.366 e. The van der Waals surface area contributed by atoms with E-state index in [4.69, 9.17) is 28.9 Å². The van der Waals surface area contributed by atoms with Crippen LogP contribution in [0.2, 0.25) is 10.0 Å². The Hall–Kier alpha value is -1.80. The Morgan fingerprint density at radius 1 is 1.35 bits per heavy atom. The van der Waals surface area contributed by atoms with Crippen LogP contribution in [0.15, 0.2) is 10.9 Å². The van der Waals surface area contributed by atoms with Gasteiger partial charge in [-0.25, -0.2) is 4.98 Å². The van der Waals surface area contributed by atoms with Gasteiger partial charge in [0.25, 0.3) is 11.5 Å². The molecule has 0 unspecified atom stereocenters. The molecule has 0 fully saturated rings. The van der Waals surface area contributed by atoms with E-state index >= 15 is 0 Å². The molecule has 0 atom stereocenters. The zero-order valence-corrected chi connectivity index (χ0v) is 10.8. The molecule has 0 saturated heterocycles. The van der Waals surface area contributed by atoms with Gasteiger partial charge in [-0.1, -0.05) is 23.2 Å². The van der Waals surface area contributed by atoms with E-state index in [0.717, 1.165) is 6.07 Å².